The molecule has 0 amide bonds. The summed E-state index contributed by atoms with van der Waals surface area (Å²) in [6.45, 7) is 6.42. The SMILES string of the molecule is CC/C=C\C/C=C\C/C=C\C/C=C\C/C=C\CCCC(=O)OC(COC(=O)CCCCCCC/C=C\C/C=C\CCC)COC(=O)CCCCCCCCCCCCCCCCCCCCCCC/C=C\C/C=C\CCCCCCC. The second kappa shape index (κ2) is 68.6. The van der Waals surface area contributed by atoms with Crippen molar-refractivity contribution in [2.45, 2.75) is 335 Å². The van der Waals surface area contributed by atoms with E-state index in [1.807, 2.05) is 0 Å². The van der Waals surface area contributed by atoms with Gasteiger partial charge in [0, 0.05) is 19.3 Å². The van der Waals surface area contributed by atoms with E-state index in [1.54, 1.807) is 0 Å². The van der Waals surface area contributed by atoms with Crippen LogP contribution in [0.4, 0.5) is 0 Å². The molecular weight excluding hydrogens is 997 g/mol. The van der Waals surface area contributed by atoms with Crippen molar-refractivity contribution in [1.82, 2.24) is 0 Å². The molecule has 81 heavy (non-hydrogen) atoms. The Labute approximate surface area is 501 Å². The molecule has 1 atom stereocenters. The zero-order chi connectivity index (χ0) is 58.5. The maximum absolute atomic E-state index is 12.9. The number of carbonyl (C=O) groups excluding carboxylic acids is 3. The highest BCUT2D eigenvalue weighted by Gasteiger charge is 2.19. The summed E-state index contributed by atoms with van der Waals surface area (Å²) < 4.78 is 16.9. The van der Waals surface area contributed by atoms with Gasteiger partial charge in [-0.15, -0.1) is 0 Å². The molecule has 0 rings (SSSR count). The van der Waals surface area contributed by atoms with E-state index < -0.39 is 6.10 Å². The maximum Gasteiger partial charge on any atom is 0.306 e. The van der Waals surface area contributed by atoms with E-state index in [-0.39, 0.29) is 37.5 Å². The van der Waals surface area contributed by atoms with Crippen LogP contribution in [-0.4, -0.2) is 37.2 Å². The first-order valence-electron chi connectivity index (χ1n) is 34.4. The average Bonchev–Trinajstić information content (AvgIpc) is 3.46. The first-order valence-corrected chi connectivity index (χ1v) is 34.4. The van der Waals surface area contributed by atoms with Crippen molar-refractivity contribution in [2.75, 3.05) is 13.2 Å². The lowest BCUT2D eigenvalue weighted by Gasteiger charge is -2.18. The Morgan fingerprint density at radius 1 is 0.259 bits per heavy atom. The van der Waals surface area contributed by atoms with Crippen molar-refractivity contribution >= 4 is 17.9 Å². The number of ether oxygens (including phenoxy) is 3. The maximum atomic E-state index is 12.9. The number of unbranched alkanes of at least 4 members (excludes halogenated alkanes) is 33. The molecule has 0 saturated heterocycles. The summed E-state index contributed by atoms with van der Waals surface area (Å²) in [6, 6.07) is 0. The molecule has 0 aromatic carbocycles. The number of carbonyl (C=O) groups is 3. The van der Waals surface area contributed by atoms with Gasteiger partial charge >= 0.3 is 17.9 Å². The molecule has 1 unspecified atom stereocenters. The van der Waals surface area contributed by atoms with Crippen LogP contribution in [0.2, 0.25) is 0 Å². The zero-order valence-corrected chi connectivity index (χ0v) is 53.3. The molecule has 0 aromatic rings. The van der Waals surface area contributed by atoms with Crippen LogP contribution in [0.15, 0.2) is 109 Å². The number of esters is 3. The summed E-state index contributed by atoms with van der Waals surface area (Å²) in [5.74, 6) is -0.969. The van der Waals surface area contributed by atoms with Gasteiger partial charge in [0.1, 0.15) is 13.2 Å². The number of hydrogen-bond acceptors (Lipinski definition) is 6. The third kappa shape index (κ3) is 66.8. The molecule has 0 radical (unpaired) electrons. The molecule has 0 N–H and O–H groups in total. The van der Waals surface area contributed by atoms with Crippen LogP contribution in [0, 0.1) is 0 Å². The van der Waals surface area contributed by atoms with Gasteiger partial charge < -0.3 is 14.2 Å². The number of rotatable bonds is 62. The molecule has 0 aliphatic carbocycles. The molecule has 0 aromatic heterocycles. The molecule has 0 aliphatic rings. The summed E-state index contributed by atoms with van der Waals surface area (Å²) in [5, 5.41) is 0. The van der Waals surface area contributed by atoms with E-state index >= 15 is 0 Å². The van der Waals surface area contributed by atoms with Gasteiger partial charge in [-0.2, -0.15) is 0 Å². The smallest absolute Gasteiger partial charge is 0.306 e. The average molecular weight is 1130 g/mol. The predicted molar refractivity (Wildman–Crippen MR) is 353 cm³/mol. The van der Waals surface area contributed by atoms with E-state index in [4.69, 9.17) is 14.2 Å². The van der Waals surface area contributed by atoms with Gasteiger partial charge in [0.2, 0.25) is 0 Å². The molecule has 0 spiro atoms. The van der Waals surface area contributed by atoms with Crippen LogP contribution in [0.5, 0.6) is 0 Å². The fourth-order valence-electron chi connectivity index (χ4n) is 9.61. The van der Waals surface area contributed by atoms with E-state index in [1.165, 1.54) is 167 Å². The Bertz CT molecular complexity index is 1620. The molecule has 6 heteroatoms. The minimum atomic E-state index is -0.815. The van der Waals surface area contributed by atoms with E-state index in [9.17, 15) is 14.4 Å². The lowest BCUT2D eigenvalue weighted by molar-refractivity contribution is -0.167. The van der Waals surface area contributed by atoms with Gasteiger partial charge in [0.05, 0.1) is 0 Å². The monoisotopic (exact) mass is 1120 g/mol. The highest BCUT2D eigenvalue weighted by atomic mass is 16.6. The van der Waals surface area contributed by atoms with Crippen molar-refractivity contribution in [2.24, 2.45) is 0 Å². The third-order valence-electron chi connectivity index (χ3n) is 14.7. The minimum Gasteiger partial charge on any atom is -0.462 e. The van der Waals surface area contributed by atoms with Crippen molar-refractivity contribution in [3.63, 3.8) is 0 Å². The second-order valence-corrected chi connectivity index (χ2v) is 22.7. The zero-order valence-electron chi connectivity index (χ0n) is 53.3. The quantitative estimate of drug-likeness (QED) is 0.0261. The summed E-state index contributed by atoms with van der Waals surface area (Å²) in [5.41, 5.74) is 0. The fourth-order valence-corrected chi connectivity index (χ4v) is 9.61. The largest absolute Gasteiger partial charge is 0.462 e. The molecule has 6 nitrogen and oxygen atoms in total. The van der Waals surface area contributed by atoms with E-state index in [0.29, 0.717) is 19.3 Å². The summed E-state index contributed by atoms with van der Waals surface area (Å²) in [4.78, 5) is 38.3. The Balaban J connectivity index is 4.20. The van der Waals surface area contributed by atoms with Gasteiger partial charge in [0.15, 0.2) is 6.10 Å². The summed E-state index contributed by atoms with van der Waals surface area (Å²) in [7, 11) is 0. The second-order valence-electron chi connectivity index (χ2n) is 22.7. The van der Waals surface area contributed by atoms with Crippen LogP contribution in [0.25, 0.3) is 0 Å². The molecular formula is C75H128O6. The van der Waals surface area contributed by atoms with Crippen molar-refractivity contribution in [3.05, 3.63) is 109 Å². The van der Waals surface area contributed by atoms with Crippen LogP contribution < -0.4 is 0 Å². The molecule has 0 fully saturated rings. The highest BCUT2D eigenvalue weighted by molar-refractivity contribution is 5.71. The van der Waals surface area contributed by atoms with Crippen LogP contribution >= 0.6 is 0 Å². The Morgan fingerprint density at radius 3 is 0.840 bits per heavy atom. The minimum absolute atomic E-state index is 0.104. The highest BCUT2D eigenvalue weighted by Crippen LogP contribution is 2.17. The van der Waals surface area contributed by atoms with Crippen molar-refractivity contribution in [3.8, 4) is 0 Å². The normalized spacial score (nSPS) is 12.8. The molecule has 0 bridgehead atoms. The van der Waals surface area contributed by atoms with E-state index in [0.717, 1.165) is 116 Å². The Kier molecular flexibility index (Phi) is 65.2. The van der Waals surface area contributed by atoms with Crippen LogP contribution in [-0.2, 0) is 28.6 Å². The lowest BCUT2D eigenvalue weighted by atomic mass is 10.0. The van der Waals surface area contributed by atoms with Gasteiger partial charge in [0.25, 0.3) is 0 Å². The van der Waals surface area contributed by atoms with Gasteiger partial charge in [-0.1, -0.05) is 304 Å². The molecule has 464 valence electrons. The molecule has 0 saturated carbocycles. The number of allylic oxidation sites excluding steroid dienone is 18. The van der Waals surface area contributed by atoms with E-state index in [2.05, 4.69) is 130 Å². The van der Waals surface area contributed by atoms with Crippen molar-refractivity contribution in [1.29, 1.82) is 0 Å². The van der Waals surface area contributed by atoms with Gasteiger partial charge in [-0.25, -0.2) is 0 Å². The third-order valence-corrected chi connectivity index (χ3v) is 14.7. The first-order chi connectivity index (χ1) is 40.0. The number of hydrogen-bond donors (Lipinski definition) is 0. The van der Waals surface area contributed by atoms with Gasteiger partial charge in [-0.3, -0.25) is 14.4 Å². The Morgan fingerprint density at radius 2 is 0.519 bits per heavy atom. The van der Waals surface area contributed by atoms with Crippen LogP contribution in [0.3, 0.4) is 0 Å². The summed E-state index contributed by atoms with van der Waals surface area (Å²) in [6.07, 6.45) is 94.2. The van der Waals surface area contributed by atoms with Crippen molar-refractivity contribution < 1.29 is 28.6 Å². The van der Waals surface area contributed by atoms with Crippen LogP contribution in [0.1, 0.15) is 329 Å². The topological polar surface area (TPSA) is 78.9 Å². The Hall–Kier alpha value is -3.93. The van der Waals surface area contributed by atoms with Gasteiger partial charge in [-0.05, 0) is 116 Å². The standard InChI is InChI=1S/C75H128O6/c1-4-7-10-13-16-19-22-25-27-29-30-31-32-33-34-35-36-37-38-39-40-41-42-43-44-46-47-50-53-56-59-62-65-68-74(77)80-71-72(70-79-73(76)67-64-61-58-55-52-49-24-21-18-15-12-9-6-3)81-75(78)69-66-63-60-57-54-51-48-45-28-26-23-20-17-14-11-8-5-2/h8,11-12,15,17,20-22,24-26,28-30,48,51,57,60,72H,4-7,9-10,13-14,16,18-19,23,27,31-47,49-50,52-56,58-59,61-71H2,1-3H3/b11-8-,15-12-,20-17-,24-21-,25-22-,28-26-,30-29-,51-48-,60-57-. The lowest BCUT2D eigenvalue weighted by Crippen LogP contribution is -2.30. The first kappa shape index (κ1) is 77.1. The predicted octanol–water partition coefficient (Wildman–Crippen LogP) is 23.8. The molecule has 0 aliphatic heterocycles. The fraction of sp³-hybridized carbons (Fsp3) is 0.720. The molecule has 0 heterocycles. The summed E-state index contributed by atoms with van der Waals surface area (Å²) >= 11 is 0.